The summed E-state index contributed by atoms with van der Waals surface area (Å²) in [5.74, 6) is 5.45. The quantitative estimate of drug-likeness (QED) is 0.310. The lowest BCUT2D eigenvalue weighted by Crippen LogP contribution is -2.40. The van der Waals surface area contributed by atoms with Crippen LogP contribution in [0.3, 0.4) is 0 Å². The molecule has 1 fully saturated rings. The molecule has 1 heterocycles. The third kappa shape index (κ3) is 7.19. The summed E-state index contributed by atoms with van der Waals surface area (Å²) in [5, 5.41) is 0.379. The molecule has 3 rings (SSSR count). The molecule has 1 saturated heterocycles. The average molecular weight is 541 g/mol. The normalized spacial score (nSPS) is 14.6. The molecule has 9 nitrogen and oxygen atoms in total. The SMILES string of the molecule is COC(=O)CCCC#Cc1cc(Cl)ccc1NS(=O)(=O)c1ccc(S(=O)(=O)N2CCOCC2)cc1. The largest absolute Gasteiger partial charge is 0.469 e. The van der Waals surface area contributed by atoms with Crippen LogP contribution < -0.4 is 4.72 Å². The van der Waals surface area contributed by atoms with Crippen molar-refractivity contribution in [3.63, 3.8) is 0 Å². The van der Waals surface area contributed by atoms with E-state index in [4.69, 9.17) is 16.3 Å². The minimum atomic E-state index is -4.04. The lowest BCUT2D eigenvalue weighted by molar-refractivity contribution is -0.140. The number of hydrogen-bond donors (Lipinski definition) is 1. The van der Waals surface area contributed by atoms with Crippen molar-refractivity contribution in [2.24, 2.45) is 0 Å². The Morgan fingerprint density at radius 3 is 2.40 bits per heavy atom. The molecule has 35 heavy (non-hydrogen) atoms. The highest BCUT2D eigenvalue weighted by Gasteiger charge is 2.27. The van der Waals surface area contributed by atoms with Gasteiger partial charge < -0.3 is 9.47 Å². The van der Waals surface area contributed by atoms with Crippen molar-refractivity contribution in [2.75, 3.05) is 38.1 Å². The first-order valence-corrected chi connectivity index (χ1v) is 14.0. The first-order valence-electron chi connectivity index (χ1n) is 10.7. The summed E-state index contributed by atoms with van der Waals surface area (Å²) >= 11 is 6.05. The molecule has 1 aliphatic rings. The van der Waals surface area contributed by atoms with E-state index in [0.29, 0.717) is 36.6 Å². The van der Waals surface area contributed by atoms with E-state index in [9.17, 15) is 21.6 Å². The zero-order chi connectivity index (χ0) is 25.5. The van der Waals surface area contributed by atoms with Crippen molar-refractivity contribution in [3.8, 4) is 11.8 Å². The first kappa shape index (κ1) is 27.0. The second-order valence-electron chi connectivity index (χ2n) is 7.51. The van der Waals surface area contributed by atoms with Crippen LogP contribution in [0, 0.1) is 11.8 Å². The summed E-state index contributed by atoms with van der Waals surface area (Å²) in [5.41, 5.74) is 0.588. The predicted molar refractivity (Wildman–Crippen MR) is 131 cm³/mol. The fraction of sp³-hybridized carbons (Fsp3) is 0.348. The number of nitrogens with zero attached hydrogens (tertiary/aromatic N) is 1. The number of halogens is 1. The maximum atomic E-state index is 13.0. The molecule has 2 aromatic rings. The summed E-state index contributed by atoms with van der Waals surface area (Å²) in [6, 6.07) is 9.57. The number of carbonyl (C=O) groups excluding carboxylic acids is 1. The number of carbonyl (C=O) groups is 1. The minimum Gasteiger partial charge on any atom is -0.469 e. The summed E-state index contributed by atoms with van der Waals surface area (Å²) in [7, 11) is -6.46. The van der Waals surface area contributed by atoms with Crippen molar-refractivity contribution in [1.29, 1.82) is 0 Å². The predicted octanol–water partition coefficient (Wildman–Crippen LogP) is 2.86. The van der Waals surface area contributed by atoms with Crippen LogP contribution in [0.4, 0.5) is 5.69 Å². The van der Waals surface area contributed by atoms with Gasteiger partial charge in [-0.15, -0.1) is 0 Å². The smallest absolute Gasteiger partial charge is 0.305 e. The highest BCUT2D eigenvalue weighted by atomic mass is 35.5. The Bertz CT molecular complexity index is 1330. The van der Waals surface area contributed by atoms with Gasteiger partial charge in [0.2, 0.25) is 10.0 Å². The Balaban J connectivity index is 1.76. The van der Waals surface area contributed by atoms with Crippen molar-refractivity contribution in [3.05, 3.63) is 53.1 Å². The minimum absolute atomic E-state index is 0.00310. The number of morpholine rings is 1. The van der Waals surface area contributed by atoms with Crippen LogP contribution >= 0.6 is 11.6 Å². The van der Waals surface area contributed by atoms with E-state index in [-0.39, 0.29) is 41.0 Å². The molecule has 12 heteroatoms. The molecule has 0 saturated carbocycles. The lowest BCUT2D eigenvalue weighted by atomic mass is 10.1. The summed E-state index contributed by atoms with van der Waals surface area (Å²) in [6.07, 6.45) is 1.14. The molecular formula is C23H25ClN2O7S2. The summed E-state index contributed by atoms with van der Waals surface area (Å²) in [4.78, 5) is 11.1. The zero-order valence-electron chi connectivity index (χ0n) is 19.0. The Morgan fingerprint density at radius 1 is 1.09 bits per heavy atom. The molecule has 0 aliphatic carbocycles. The molecular weight excluding hydrogens is 516 g/mol. The highest BCUT2D eigenvalue weighted by Crippen LogP contribution is 2.25. The van der Waals surface area contributed by atoms with Gasteiger partial charge in [0.25, 0.3) is 10.0 Å². The van der Waals surface area contributed by atoms with E-state index in [2.05, 4.69) is 21.3 Å². The number of unbranched alkanes of at least 4 members (excludes halogenated alkanes) is 1. The standard InChI is InChI=1S/C23H25ClN2O7S2/c1-32-23(27)6-4-2-3-5-18-17-19(24)7-12-22(18)25-34(28,29)20-8-10-21(11-9-20)35(30,31)26-13-15-33-16-14-26/h7-12,17,25H,2,4,6,13-16H2,1H3. The third-order valence-corrected chi connectivity index (χ3v) is 8.63. The average Bonchev–Trinajstić information content (AvgIpc) is 2.85. The van der Waals surface area contributed by atoms with Crippen LogP contribution in [0.2, 0.25) is 5.02 Å². The fourth-order valence-corrected chi connectivity index (χ4v) is 5.88. The van der Waals surface area contributed by atoms with Gasteiger partial charge in [-0.3, -0.25) is 9.52 Å². The second kappa shape index (κ2) is 11.9. The number of sulfonamides is 2. The van der Waals surface area contributed by atoms with Gasteiger partial charge in [-0.2, -0.15) is 4.31 Å². The number of rotatable bonds is 8. The Kier molecular flexibility index (Phi) is 9.15. The van der Waals surface area contributed by atoms with Gasteiger partial charge in [0.05, 0.1) is 41.4 Å². The van der Waals surface area contributed by atoms with Crippen molar-refractivity contribution in [1.82, 2.24) is 4.31 Å². The number of anilines is 1. The fourth-order valence-electron chi connectivity index (χ4n) is 3.22. The van der Waals surface area contributed by atoms with Gasteiger partial charge in [-0.25, -0.2) is 16.8 Å². The number of ether oxygens (including phenoxy) is 2. The molecule has 0 bridgehead atoms. The Labute approximate surface area is 210 Å². The highest BCUT2D eigenvalue weighted by molar-refractivity contribution is 7.92. The van der Waals surface area contributed by atoms with Gasteiger partial charge in [0, 0.05) is 31.0 Å². The number of benzene rings is 2. The molecule has 0 unspecified atom stereocenters. The van der Waals surface area contributed by atoms with Crippen LogP contribution in [-0.2, 0) is 34.3 Å². The molecule has 188 valence electrons. The maximum absolute atomic E-state index is 13.0. The summed E-state index contributed by atoms with van der Waals surface area (Å²) < 4.78 is 65.0. The van der Waals surface area contributed by atoms with E-state index < -0.39 is 20.0 Å². The van der Waals surface area contributed by atoms with Gasteiger partial charge in [-0.1, -0.05) is 23.4 Å². The van der Waals surface area contributed by atoms with Crippen LogP contribution in [0.5, 0.6) is 0 Å². The van der Waals surface area contributed by atoms with E-state index >= 15 is 0 Å². The van der Waals surface area contributed by atoms with Gasteiger partial charge >= 0.3 is 5.97 Å². The van der Waals surface area contributed by atoms with Crippen LogP contribution in [0.1, 0.15) is 24.8 Å². The first-order chi connectivity index (χ1) is 16.6. The number of esters is 1. The van der Waals surface area contributed by atoms with Gasteiger partial charge in [-0.05, 0) is 48.9 Å². The van der Waals surface area contributed by atoms with E-state index in [1.165, 1.54) is 53.9 Å². The van der Waals surface area contributed by atoms with Crippen LogP contribution in [-0.4, -0.2) is 60.5 Å². The van der Waals surface area contributed by atoms with Crippen molar-refractivity contribution in [2.45, 2.75) is 29.1 Å². The van der Waals surface area contributed by atoms with Crippen molar-refractivity contribution < 1.29 is 31.1 Å². The number of hydrogen-bond acceptors (Lipinski definition) is 7. The van der Waals surface area contributed by atoms with Crippen molar-refractivity contribution >= 4 is 43.3 Å². The molecule has 0 aromatic heterocycles. The monoisotopic (exact) mass is 540 g/mol. The van der Waals surface area contributed by atoms with Crippen LogP contribution in [0.25, 0.3) is 0 Å². The Morgan fingerprint density at radius 2 is 1.74 bits per heavy atom. The topological polar surface area (TPSA) is 119 Å². The van der Waals surface area contributed by atoms with E-state index in [0.717, 1.165) is 0 Å². The Hall–Kier alpha value is -2.62. The molecule has 0 atom stereocenters. The molecule has 0 spiro atoms. The zero-order valence-corrected chi connectivity index (χ0v) is 21.4. The summed E-state index contributed by atoms with van der Waals surface area (Å²) in [6.45, 7) is 1.11. The second-order valence-corrected chi connectivity index (χ2v) is 11.6. The molecule has 1 N–H and O–H groups in total. The van der Waals surface area contributed by atoms with Crippen LogP contribution in [0.15, 0.2) is 52.3 Å². The van der Waals surface area contributed by atoms with E-state index in [1.54, 1.807) is 0 Å². The van der Waals surface area contributed by atoms with E-state index in [1.807, 2.05) is 0 Å². The molecule has 1 aliphatic heterocycles. The molecule has 2 aromatic carbocycles. The maximum Gasteiger partial charge on any atom is 0.305 e. The number of nitrogens with one attached hydrogen (secondary N) is 1. The van der Waals surface area contributed by atoms with Gasteiger partial charge in [0.15, 0.2) is 0 Å². The van der Waals surface area contributed by atoms with Gasteiger partial charge in [0.1, 0.15) is 0 Å². The molecule has 0 amide bonds. The lowest BCUT2D eigenvalue weighted by Gasteiger charge is -2.26. The third-order valence-electron chi connectivity index (χ3n) is 5.10. The number of methoxy groups -OCH3 is 1. The molecule has 0 radical (unpaired) electrons.